The van der Waals surface area contributed by atoms with Crippen LogP contribution in [0.1, 0.15) is 19.3 Å². The maximum absolute atomic E-state index is 11.8. The number of carbonyl (C=O) groups excluding carboxylic acids is 1. The van der Waals surface area contributed by atoms with E-state index in [0.717, 1.165) is 39.1 Å². The van der Waals surface area contributed by atoms with Crippen molar-refractivity contribution in [1.82, 2.24) is 15.5 Å². The van der Waals surface area contributed by atoms with Crippen molar-refractivity contribution in [2.45, 2.75) is 19.3 Å². The molecule has 0 saturated carbocycles. The number of carbonyl (C=O) groups is 1. The molecular weight excluding hydrogens is 214 g/mol. The van der Waals surface area contributed by atoms with Crippen molar-refractivity contribution >= 4 is 5.91 Å². The van der Waals surface area contributed by atoms with E-state index < -0.39 is 0 Å². The van der Waals surface area contributed by atoms with Crippen LogP contribution in [0.25, 0.3) is 0 Å². The van der Waals surface area contributed by atoms with Gasteiger partial charge < -0.3 is 10.6 Å². The highest BCUT2D eigenvalue weighted by molar-refractivity contribution is 5.78. The van der Waals surface area contributed by atoms with E-state index in [2.05, 4.69) is 27.7 Å². The lowest BCUT2D eigenvalue weighted by atomic mass is 9.94. The van der Waals surface area contributed by atoms with Gasteiger partial charge in [0.25, 0.3) is 0 Å². The lowest BCUT2D eigenvalue weighted by molar-refractivity contribution is -0.122. The van der Waals surface area contributed by atoms with Crippen LogP contribution in [0, 0.1) is 5.92 Å². The molecule has 0 aromatic rings. The number of rotatable bonds is 4. The normalized spacial score (nSPS) is 25.8. The minimum Gasteiger partial charge on any atom is -0.355 e. The molecule has 2 rings (SSSR count). The van der Waals surface area contributed by atoms with Gasteiger partial charge in [-0.25, -0.2) is 0 Å². The van der Waals surface area contributed by atoms with E-state index in [0.29, 0.717) is 12.5 Å². The SMILES string of the molecule is O=C(CN1CCNCC1)NCC1CC=CCC1. The Hall–Kier alpha value is -0.870. The molecule has 4 heteroatoms. The van der Waals surface area contributed by atoms with Gasteiger partial charge in [0.1, 0.15) is 0 Å². The molecule has 1 amide bonds. The molecular formula is C13H23N3O. The lowest BCUT2D eigenvalue weighted by Gasteiger charge is -2.27. The van der Waals surface area contributed by atoms with Crippen LogP contribution in [0.3, 0.4) is 0 Å². The molecule has 1 fully saturated rings. The summed E-state index contributed by atoms with van der Waals surface area (Å²) in [5, 5.41) is 6.36. The highest BCUT2D eigenvalue weighted by atomic mass is 16.2. The lowest BCUT2D eigenvalue weighted by Crippen LogP contribution is -2.48. The van der Waals surface area contributed by atoms with Crippen molar-refractivity contribution in [3.63, 3.8) is 0 Å². The number of hydrogen-bond acceptors (Lipinski definition) is 3. The molecule has 17 heavy (non-hydrogen) atoms. The number of nitrogens with one attached hydrogen (secondary N) is 2. The largest absolute Gasteiger partial charge is 0.355 e. The summed E-state index contributed by atoms with van der Waals surface area (Å²) in [5.41, 5.74) is 0. The second kappa shape index (κ2) is 6.77. The first kappa shape index (κ1) is 12.6. The standard InChI is InChI=1S/C13H23N3O/c17-13(11-16-8-6-14-7-9-16)15-10-12-4-2-1-3-5-12/h1-2,12,14H,3-11H2,(H,15,17). The molecule has 2 N–H and O–H groups in total. The van der Waals surface area contributed by atoms with Gasteiger partial charge in [-0.05, 0) is 25.2 Å². The molecule has 0 aromatic heterocycles. The van der Waals surface area contributed by atoms with Crippen LogP contribution in [0.15, 0.2) is 12.2 Å². The van der Waals surface area contributed by atoms with E-state index in [1.165, 1.54) is 12.8 Å². The number of amides is 1. The van der Waals surface area contributed by atoms with Crippen LogP contribution in [-0.2, 0) is 4.79 Å². The van der Waals surface area contributed by atoms with Crippen LogP contribution in [0.5, 0.6) is 0 Å². The van der Waals surface area contributed by atoms with Gasteiger partial charge >= 0.3 is 0 Å². The van der Waals surface area contributed by atoms with Crippen LogP contribution in [-0.4, -0.2) is 50.1 Å². The van der Waals surface area contributed by atoms with Gasteiger partial charge in [-0.2, -0.15) is 0 Å². The zero-order chi connectivity index (χ0) is 11.9. The molecule has 96 valence electrons. The fraction of sp³-hybridized carbons (Fsp3) is 0.769. The predicted molar refractivity (Wildman–Crippen MR) is 68.8 cm³/mol. The maximum Gasteiger partial charge on any atom is 0.234 e. The van der Waals surface area contributed by atoms with Gasteiger partial charge in [-0.15, -0.1) is 0 Å². The minimum absolute atomic E-state index is 0.182. The van der Waals surface area contributed by atoms with E-state index in [1.807, 2.05) is 0 Å². The summed E-state index contributed by atoms with van der Waals surface area (Å²) in [6, 6.07) is 0. The van der Waals surface area contributed by atoms with Gasteiger partial charge in [-0.1, -0.05) is 12.2 Å². The van der Waals surface area contributed by atoms with E-state index in [4.69, 9.17) is 0 Å². The molecule has 1 unspecified atom stereocenters. The third-order valence-corrected chi connectivity index (χ3v) is 3.54. The summed E-state index contributed by atoms with van der Waals surface area (Å²) in [6.45, 7) is 5.38. The third kappa shape index (κ3) is 4.48. The Morgan fingerprint density at radius 2 is 2.18 bits per heavy atom. The third-order valence-electron chi connectivity index (χ3n) is 3.54. The molecule has 4 nitrogen and oxygen atoms in total. The van der Waals surface area contributed by atoms with Crippen molar-refractivity contribution in [2.75, 3.05) is 39.3 Å². The number of piperazine rings is 1. The molecule has 1 heterocycles. The van der Waals surface area contributed by atoms with Gasteiger partial charge in [0, 0.05) is 32.7 Å². The first-order chi connectivity index (χ1) is 8.34. The Bertz CT molecular complexity index is 272. The van der Waals surface area contributed by atoms with Crippen LogP contribution in [0.4, 0.5) is 0 Å². The zero-order valence-corrected chi connectivity index (χ0v) is 10.5. The minimum atomic E-state index is 0.182. The highest BCUT2D eigenvalue weighted by Crippen LogP contribution is 2.16. The Morgan fingerprint density at radius 1 is 1.35 bits per heavy atom. The van der Waals surface area contributed by atoms with E-state index >= 15 is 0 Å². The van der Waals surface area contributed by atoms with Crippen molar-refractivity contribution in [3.05, 3.63) is 12.2 Å². The number of allylic oxidation sites excluding steroid dienone is 2. The van der Waals surface area contributed by atoms with E-state index in [-0.39, 0.29) is 5.91 Å². The van der Waals surface area contributed by atoms with Gasteiger partial charge in [0.05, 0.1) is 6.54 Å². The average Bonchev–Trinajstić information content (AvgIpc) is 2.39. The smallest absolute Gasteiger partial charge is 0.234 e. The summed E-state index contributed by atoms with van der Waals surface area (Å²) in [7, 11) is 0. The van der Waals surface area contributed by atoms with Crippen molar-refractivity contribution in [1.29, 1.82) is 0 Å². The van der Waals surface area contributed by atoms with E-state index in [9.17, 15) is 4.79 Å². The first-order valence-electron chi connectivity index (χ1n) is 6.69. The van der Waals surface area contributed by atoms with Crippen molar-refractivity contribution in [2.24, 2.45) is 5.92 Å². The number of nitrogens with zero attached hydrogens (tertiary/aromatic N) is 1. The maximum atomic E-state index is 11.8. The molecule has 1 atom stereocenters. The summed E-state index contributed by atoms with van der Waals surface area (Å²) in [5.74, 6) is 0.827. The molecule has 1 saturated heterocycles. The monoisotopic (exact) mass is 237 g/mol. The number of hydrogen-bond donors (Lipinski definition) is 2. The summed E-state index contributed by atoms with van der Waals surface area (Å²) in [6.07, 6.45) is 7.96. The summed E-state index contributed by atoms with van der Waals surface area (Å²) >= 11 is 0. The van der Waals surface area contributed by atoms with Gasteiger partial charge in [0.15, 0.2) is 0 Å². The van der Waals surface area contributed by atoms with Crippen LogP contribution in [0.2, 0.25) is 0 Å². The van der Waals surface area contributed by atoms with Crippen LogP contribution < -0.4 is 10.6 Å². The predicted octanol–water partition coefficient (Wildman–Crippen LogP) is 0.364. The molecule has 0 radical (unpaired) electrons. The molecule has 2 aliphatic rings. The van der Waals surface area contributed by atoms with Gasteiger partial charge in [0.2, 0.25) is 5.91 Å². The Labute approximate surface area is 103 Å². The average molecular weight is 237 g/mol. The highest BCUT2D eigenvalue weighted by Gasteiger charge is 2.15. The quantitative estimate of drug-likeness (QED) is 0.694. The Balaban J connectivity index is 1.61. The summed E-state index contributed by atoms with van der Waals surface area (Å²) in [4.78, 5) is 14.0. The first-order valence-corrected chi connectivity index (χ1v) is 6.69. The van der Waals surface area contributed by atoms with Crippen molar-refractivity contribution in [3.8, 4) is 0 Å². The zero-order valence-electron chi connectivity index (χ0n) is 10.5. The molecule has 1 aliphatic carbocycles. The topological polar surface area (TPSA) is 44.4 Å². The van der Waals surface area contributed by atoms with Crippen LogP contribution >= 0.6 is 0 Å². The van der Waals surface area contributed by atoms with Crippen molar-refractivity contribution < 1.29 is 4.79 Å². The molecule has 0 aromatic carbocycles. The second-order valence-corrected chi connectivity index (χ2v) is 4.98. The second-order valence-electron chi connectivity index (χ2n) is 4.98. The van der Waals surface area contributed by atoms with E-state index in [1.54, 1.807) is 0 Å². The Kier molecular flexibility index (Phi) is 5.01. The fourth-order valence-electron chi connectivity index (χ4n) is 2.43. The summed E-state index contributed by atoms with van der Waals surface area (Å²) < 4.78 is 0. The molecule has 0 bridgehead atoms. The fourth-order valence-corrected chi connectivity index (χ4v) is 2.43. The Morgan fingerprint density at radius 3 is 2.88 bits per heavy atom. The molecule has 1 aliphatic heterocycles. The van der Waals surface area contributed by atoms with Gasteiger partial charge in [-0.3, -0.25) is 9.69 Å². The molecule has 0 spiro atoms.